The van der Waals surface area contributed by atoms with E-state index in [2.05, 4.69) is 4.90 Å². The Balaban J connectivity index is 1.73. The van der Waals surface area contributed by atoms with Crippen LogP contribution in [0.5, 0.6) is 11.5 Å². The van der Waals surface area contributed by atoms with Crippen LogP contribution >= 0.6 is 0 Å². The fourth-order valence-electron chi connectivity index (χ4n) is 5.18. The Kier molecular flexibility index (Phi) is 9.17. The summed E-state index contributed by atoms with van der Waals surface area (Å²) in [7, 11) is 3.27. The molecular weight excluding hydrogens is 480 g/mol. The lowest BCUT2D eigenvalue weighted by atomic mass is 9.79. The number of benzene rings is 3. The van der Waals surface area contributed by atoms with Gasteiger partial charge in [0.2, 0.25) is 0 Å². The molecule has 202 valence electrons. The van der Waals surface area contributed by atoms with Crippen molar-refractivity contribution in [3.8, 4) is 11.5 Å². The number of aliphatic hydroxyl groups excluding tert-OH is 1. The molecule has 0 radical (unpaired) electrons. The van der Waals surface area contributed by atoms with Crippen LogP contribution in [0.1, 0.15) is 29.5 Å². The first-order chi connectivity index (χ1) is 18.5. The molecule has 0 aliphatic carbocycles. The van der Waals surface area contributed by atoms with E-state index in [0.717, 1.165) is 60.4 Å². The normalized spacial score (nSPS) is 16.5. The Morgan fingerprint density at radius 3 is 1.82 bits per heavy atom. The van der Waals surface area contributed by atoms with Gasteiger partial charge in [-0.3, -0.25) is 0 Å². The largest absolute Gasteiger partial charge is 0.497 e. The van der Waals surface area contributed by atoms with E-state index in [-0.39, 0.29) is 13.2 Å². The molecule has 1 fully saturated rings. The first-order valence-electron chi connectivity index (χ1n) is 13.0. The van der Waals surface area contributed by atoms with Gasteiger partial charge in [-0.15, -0.1) is 0 Å². The number of hydrogen-bond donors (Lipinski definition) is 2. The first-order valence-corrected chi connectivity index (χ1v) is 13.0. The Labute approximate surface area is 225 Å². The number of aldehydes is 1. The number of rotatable bonds is 12. The van der Waals surface area contributed by atoms with E-state index in [1.807, 2.05) is 78.9 Å². The highest BCUT2D eigenvalue weighted by Crippen LogP contribution is 2.42. The van der Waals surface area contributed by atoms with Gasteiger partial charge in [-0.1, -0.05) is 54.6 Å². The number of carbonyl (C=O) groups excluding carboxylic acids is 1. The lowest BCUT2D eigenvalue weighted by Gasteiger charge is -2.40. The maximum atomic E-state index is 12.4. The zero-order chi connectivity index (χ0) is 27.0. The van der Waals surface area contributed by atoms with Crippen LogP contribution < -0.4 is 15.2 Å². The Bertz CT molecular complexity index is 1100. The predicted molar refractivity (Wildman–Crippen MR) is 147 cm³/mol. The molecule has 1 aliphatic heterocycles. The van der Waals surface area contributed by atoms with Gasteiger partial charge in [0, 0.05) is 13.2 Å². The van der Waals surface area contributed by atoms with Gasteiger partial charge >= 0.3 is 0 Å². The summed E-state index contributed by atoms with van der Waals surface area (Å²) in [6.45, 7) is 2.16. The Morgan fingerprint density at radius 1 is 0.868 bits per heavy atom. The smallest absolute Gasteiger partial charge is 0.143 e. The van der Waals surface area contributed by atoms with Crippen LogP contribution in [-0.2, 0) is 15.1 Å². The van der Waals surface area contributed by atoms with Crippen LogP contribution in [0.3, 0.4) is 0 Å². The van der Waals surface area contributed by atoms with Gasteiger partial charge < -0.3 is 34.7 Å². The molecule has 3 N–H and O–H groups in total. The van der Waals surface area contributed by atoms with Crippen molar-refractivity contribution in [3.63, 3.8) is 0 Å². The Hall–Kier alpha value is -3.23. The number of hydrogen-bond acceptors (Lipinski definition) is 7. The topological polar surface area (TPSA) is 94.3 Å². The number of nitrogens with two attached hydrogens (primary N) is 1. The molecule has 1 heterocycles. The van der Waals surface area contributed by atoms with Crippen molar-refractivity contribution in [1.29, 1.82) is 0 Å². The minimum absolute atomic E-state index is 0.00335. The monoisotopic (exact) mass is 518 g/mol. The standard InChI is InChI=1S/C31H38N2O5/c1-36-28-12-8-26(9-13-28)31(25-6-4-3-5-7-25,27-10-14-29(37-2)15-11-27)38-23-30(32,22-35)21-33-18-16-24(20-34)17-19-33/h3-15,22,24,34H,16-21,23,32H2,1-2H3. The third kappa shape index (κ3) is 6.08. The zero-order valence-electron chi connectivity index (χ0n) is 22.2. The molecule has 0 spiro atoms. The minimum Gasteiger partial charge on any atom is -0.497 e. The number of ether oxygens (including phenoxy) is 3. The minimum atomic E-state index is -1.22. The molecule has 38 heavy (non-hydrogen) atoms. The average molecular weight is 519 g/mol. The first kappa shape index (κ1) is 27.8. The SMILES string of the molecule is COc1ccc(C(OCC(N)(C=O)CN2CCC(CO)CC2)(c2ccccc2)c2ccc(OC)cc2)cc1. The molecule has 3 aromatic rings. The molecule has 1 aliphatic rings. The molecule has 7 heteroatoms. The highest BCUT2D eigenvalue weighted by molar-refractivity contribution is 5.64. The summed E-state index contributed by atoms with van der Waals surface area (Å²) in [4.78, 5) is 14.6. The average Bonchev–Trinajstić information content (AvgIpc) is 2.99. The summed E-state index contributed by atoms with van der Waals surface area (Å²) in [6.07, 6.45) is 2.58. The predicted octanol–water partition coefficient (Wildman–Crippen LogP) is 3.61. The number of carbonyl (C=O) groups is 1. The van der Waals surface area contributed by atoms with Crippen molar-refractivity contribution in [3.05, 3.63) is 95.6 Å². The molecule has 0 saturated carbocycles. The maximum absolute atomic E-state index is 12.4. The van der Waals surface area contributed by atoms with Gasteiger partial charge in [0.05, 0.1) is 20.8 Å². The number of piperidine rings is 1. The highest BCUT2D eigenvalue weighted by Gasteiger charge is 2.41. The van der Waals surface area contributed by atoms with Crippen LogP contribution in [-0.4, -0.2) is 68.9 Å². The summed E-state index contributed by atoms with van der Waals surface area (Å²) < 4.78 is 17.7. The number of aliphatic hydroxyl groups is 1. The van der Waals surface area contributed by atoms with Gasteiger partial charge in [-0.2, -0.15) is 0 Å². The molecule has 0 bridgehead atoms. The van der Waals surface area contributed by atoms with Crippen molar-refractivity contribution >= 4 is 6.29 Å². The molecule has 3 aromatic carbocycles. The van der Waals surface area contributed by atoms with Crippen LogP contribution in [0.4, 0.5) is 0 Å². The van der Waals surface area contributed by atoms with Crippen molar-refractivity contribution in [1.82, 2.24) is 4.90 Å². The Morgan fingerprint density at radius 2 is 1.37 bits per heavy atom. The third-order valence-corrected chi connectivity index (χ3v) is 7.45. The maximum Gasteiger partial charge on any atom is 0.143 e. The van der Waals surface area contributed by atoms with E-state index in [4.69, 9.17) is 19.9 Å². The lowest BCUT2D eigenvalue weighted by molar-refractivity contribution is -0.118. The second-order valence-corrected chi connectivity index (χ2v) is 10.0. The molecule has 0 amide bonds. The van der Waals surface area contributed by atoms with E-state index in [9.17, 15) is 9.90 Å². The van der Waals surface area contributed by atoms with Crippen LogP contribution in [0.25, 0.3) is 0 Å². The van der Waals surface area contributed by atoms with Gasteiger partial charge in [0.1, 0.15) is 28.9 Å². The summed E-state index contributed by atoms with van der Waals surface area (Å²) in [5.74, 6) is 1.78. The van der Waals surface area contributed by atoms with E-state index in [1.165, 1.54) is 0 Å². The van der Waals surface area contributed by atoms with E-state index < -0.39 is 11.1 Å². The van der Waals surface area contributed by atoms with Gasteiger partial charge in [-0.25, -0.2) is 0 Å². The summed E-state index contributed by atoms with van der Waals surface area (Å²) in [5, 5.41) is 9.49. The van der Waals surface area contributed by atoms with Crippen molar-refractivity contribution < 1.29 is 24.1 Å². The lowest BCUT2D eigenvalue weighted by Crippen LogP contribution is -2.57. The molecule has 0 aromatic heterocycles. The molecule has 1 unspecified atom stereocenters. The molecule has 1 saturated heterocycles. The van der Waals surface area contributed by atoms with E-state index >= 15 is 0 Å². The molecule has 7 nitrogen and oxygen atoms in total. The van der Waals surface area contributed by atoms with Gasteiger partial charge in [0.25, 0.3) is 0 Å². The highest BCUT2D eigenvalue weighted by atomic mass is 16.5. The summed E-state index contributed by atoms with van der Waals surface area (Å²) >= 11 is 0. The third-order valence-electron chi connectivity index (χ3n) is 7.45. The number of nitrogens with zero attached hydrogens (tertiary/aromatic N) is 1. The van der Waals surface area contributed by atoms with Gasteiger partial charge in [-0.05, 0) is 72.8 Å². The zero-order valence-corrected chi connectivity index (χ0v) is 22.2. The van der Waals surface area contributed by atoms with Crippen LogP contribution in [0, 0.1) is 5.92 Å². The fraction of sp³-hybridized carbons (Fsp3) is 0.387. The molecule has 1 atom stereocenters. The number of methoxy groups -OCH3 is 2. The van der Waals surface area contributed by atoms with Gasteiger partial charge in [0.15, 0.2) is 0 Å². The van der Waals surface area contributed by atoms with E-state index in [0.29, 0.717) is 12.5 Å². The second-order valence-electron chi connectivity index (χ2n) is 10.0. The quantitative estimate of drug-likeness (QED) is 0.279. The summed E-state index contributed by atoms with van der Waals surface area (Å²) in [5.41, 5.74) is 7.11. The second kappa shape index (κ2) is 12.5. The summed E-state index contributed by atoms with van der Waals surface area (Å²) in [6, 6.07) is 25.5. The van der Waals surface area contributed by atoms with Crippen molar-refractivity contribution in [2.24, 2.45) is 11.7 Å². The number of likely N-dealkylation sites (tertiary alicyclic amines) is 1. The van der Waals surface area contributed by atoms with Crippen LogP contribution in [0.2, 0.25) is 0 Å². The van der Waals surface area contributed by atoms with Crippen LogP contribution in [0.15, 0.2) is 78.9 Å². The molecule has 4 rings (SSSR count). The fourth-order valence-corrected chi connectivity index (χ4v) is 5.18. The van der Waals surface area contributed by atoms with Crippen molar-refractivity contribution in [2.45, 2.75) is 24.0 Å². The molecular formula is C31H38N2O5. The van der Waals surface area contributed by atoms with Crippen molar-refractivity contribution in [2.75, 3.05) is 47.1 Å². The van der Waals surface area contributed by atoms with E-state index in [1.54, 1.807) is 14.2 Å².